The van der Waals surface area contributed by atoms with Crippen molar-refractivity contribution in [2.45, 2.75) is 25.5 Å². The molecule has 0 aliphatic carbocycles. The molecular formula is C23H26N2OS. The molecule has 3 aromatic rings. The fraction of sp³-hybridized carbons (Fsp3) is 0.304. The molecule has 0 spiro atoms. The standard InChI is InChI=1S/C23H26N2OS/c1-24-13-11-20(17-7-3-2-4-8-17)26-21-10-6-5-9-19(21)23-15-18-16-25-14-12-22(18)27-23/h2-10,15,20,24-25H,11-14,16H2,1H3. The lowest BCUT2D eigenvalue weighted by atomic mass is 10.1. The van der Waals surface area contributed by atoms with Crippen molar-refractivity contribution in [3.8, 4) is 16.2 Å². The minimum atomic E-state index is 0.0380. The largest absolute Gasteiger partial charge is 0.485 e. The lowest BCUT2D eigenvalue weighted by Gasteiger charge is -2.21. The molecule has 0 amide bonds. The molecule has 1 atom stereocenters. The first-order valence-corrected chi connectivity index (χ1v) is 10.4. The Balaban J connectivity index is 1.64. The Morgan fingerprint density at radius 3 is 2.74 bits per heavy atom. The third-order valence-corrected chi connectivity index (χ3v) is 6.26. The molecule has 2 heterocycles. The molecule has 2 N–H and O–H groups in total. The van der Waals surface area contributed by atoms with Crippen molar-refractivity contribution in [3.05, 3.63) is 76.7 Å². The van der Waals surface area contributed by atoms with Crippen molar-refractivity contribution in [2.24, 2.45) is 0 Å². The Labute approximate surface area is 165 Å². The summed E-state index contributed by atoms with van der Waals surface area (Å²) in [4.78, 5) is 2.81. The lowest BCUT2D eigenvalue weighted by Crippen LogP contribution is -2.21. The van der Waals surface area contributed by atoms with Crippen molar-refractivity contribution >= 4 is 11.3 Å². The topological polar surface area (TPSA) is 33.3 Å². The molecule has 2 aromatic carbocycles. The molecule has 0 radical (unpaired) electrons. The van der Waals surface area contributed by atoms with E-state index in [2.05, 4.69) is 71.3 Å². The molecule has 4 heteroatoms. The van der Waals surface area contributed by atoms with Crippen LogP contribution in [0.3, 0.4) is 0 Å². The normalized spacial score (nSPS) is 14.6. The number of hydrogen-bond acceptors (Lipinski definition) is 4. The van der Waals surface area contributed by atoms with E-state index in [0.717, 1.165) is 38.2 Å². The summed E-state index contributed by atoms with van der Waals surface area (Å²) in [5, 5.41) is 6.71. The van der Waals surface area contributed by atoms with Crippen molar-refractivity contribution < 1.29 is 4.74 Å². The van der Waals surface area contributed by atoms with Crippen LogP contribution in [0.4, 0.5) is 0 Å². The molecule has 1 aromatic heterocycles. The second-order valence-electron chi connectivity index (χ2n) is 6.89. The monoisotopic (exact) mass is 378 g/mol. The highest BCUT2D eigenvalue weighted by Crippen LogP contribution is 2.39. The van der Waals surface area contributed by atoms with E-state index in [1.807, 2.05) is 18.4 Å². The number of nitrogens with one attached hydrogen (secondary N) is 2. The molecule has 0 saturated heterocycles. The second kappa shape index (κ2) is 8.70. The molecule has 0 bridgehead atoms. The molecule has 0 fully saturated rings. The summed E-state index contributed by atoms with van der Waals surface area (Å²) in [5.41, 5.74) is 3.85. The van der Waals surface area contributed by atoms with Gasteiger partial charge in [-0.1, -0.05) is 42.5 Å². The Hall–Kier alpha value is -2.14. The van der Waals surface area contributed by atoms with Crippen LogP contribution in [0.2, 0.25) is 0 Å². The third-order valence-electron chi connectivity index (χ3n) is 4.99. The Morgan fingerprint density at radius 1 is 1.11 bits per heavy atom. The summed E-state index contributed by atoms with van der Waals surface area (Å²) in [6, 6.07) is 21.3. The van der Waals surface area contributed by atoms with Crippen molar-refractivity contribution in [2.75, 3.05) is 20.1 Å². The van der Waals surface area contributed by atoms with E-state index in [4.69, 9.17) is 4.74 Å². The summed E-state index contributed by atoms with van der Waals surface area (Å²) in [5.74, 6) is 0.967. The Kier molecular flexibility index (Phi) is 5.87. The molecule has 1 aliphatic rings. The maximum Gasteiger partial charge on any atom is 0.128 e. The number of benzene rings is 2. The summed E-state index contributed by atoms with van der Waals surface area (Å²) < 4.78 is 6.57. The molecule has 1 aliphatic heterocycles. The minimum absolute atomic E-state index is 0.0380. The van der Waals surface area contributed by atoms with Gasteiger partial charge in [-0.05, 0) is 49.3 Å². The number of thiophene rings is 1. The molecular weight excluding hydrogens is 352 g/mol. The predicted octanol–water partition coefficient (Wildman–Crippen LogP) is 4.79. The predicted molar refractivity (Wildman–Crippen MR) is 114 cm³/mol. The molecule has 0 saturated carbocycles. The van der Waals surface area contributed by atoms with E-state index in [1.54, 1.807) is 0 Å². The molecule has 140 valence electrons. The van der Waals surface area contributed by atoms with Gasteiger partial charge in [0.25, 0.3) is 0 Å². The molecule has 4 rings (SSSR count). The van der Waals surface area contributed by atoms with Gasteiger partial charge in [0.1, 0.15) is 11.9 Å². The van der Waals surface area contributed by atoms with Crippen LogP contribution in [0.5, 0.6) is 5.75 Å². The van der Waals surface area contributed by atoms with Crippen molar-refractivity contribution in [1.29, 1.82) is 0 Å². The van der Waals surface area contributed by atoms with Gasteiger partial charge in [-0.2, -0.15) is 0 Å². The fourth-order valence-corrected chi connectivity index (χ4v) is 4.76. The Morgan fingerprint density at radius 2 is 1.93 bits per heavy atom. The Bertz CT molecular complexity index is 852. The zero-order valence-corrected chi connectivity index (χ0v) is 16.5. The summed E-state index contributed by atoms with van der Waals surface area (Å²) in [6.07, 6.45) is 2.09. The number of fused-ring (bicyclic) bond motifs is 1. The van der Waals surface area contributed by atoms with Crippen LogP contribution in [0.25, 0.3) is 10.4 Å². The average molecular weight is 379 g/mol. The first kappa shape index (κ1) is 18.2. The number of hydrogen-bond donors (Lipinski definition) is 2. The van der Waals surface area contributed by atoms with Crippen LogP contribution < -0.4 is 15.4 Å². The van der Waals surface area contributed by atoms with Crippen LogP contribution in [0, 0.1) is 0 Å². The fourth-order valence-electron chi connectivity index (χ4n) is 3.55. The summed E-state index contributed by atoms with van der Waals surface area (Å²) >= 11 is 1.91. The van der Waals surface area contributed by atoms with Crippen molar-refractivity contribution in [1.82, 2.24) is 10.6 Å². The van der Waals surface area contributed by atoms with Crippen LogP contribution in [0.1, 0.15) is 28.5 Å². The van der Waals surface area contributed by atoms with Gasteiger partial charge in [-0.25, -0.2) is 0 Å². The van der Waals surface area contributed by atoms with Gasteiger partial charge in [0, 0.05) is 34.8 Å². The van der Waals surface area contributed by atoms with Gasteiger partial charge in [0.2, 0.25) is 0 Å². The van der Waals surface area contributed by atoms with E-state index in [9.17, 15) is 0 Å². The van der Waals surface area contributed by atoms with Gasteiger partial charge >= 0.3 is 0 Å². The van der Waals surface area contributed by atoms with Crippen LogP contribution in [-0.2, 0) is 13.0 Å². The minimum Gasteiger partial charge on any atom is -0.485 e. The highest BCUT2D eigenvalue weighted by Gasteiger charge is 2.19. The molecule has 3 nitrogen and oxygen atoms in total. The first-order chi connectivity index (χ1) is 13.3. The number of para-hydroxylation sites is 1. The summed E-state index contributed by atoms with van der Waals surface area (Å²) in [6.45, 7) is 2.97. The quantitative estimate of drug-likeness (QED) is 0.620. The maximum absolute atomic E-state index is 6.57. The summed E-state index contributed by atoms with van der Waals surface area (Å²) in [7, 11) is 1.99. The maximum atomic E-state index is 6.57. The third kappa shape index (κ3) is 4.24. The highest BCUT2D eigenvalue weighted by atomic mass is 32.1. The van der Waals surface area contributed by atoms with Crippen LogP contribution in [-0.4, -0.2) is 20.1 Å². The zero-order valence-electron chi connectivity index (χ0n) is 15.7. The van der Waals surface area contributed by atoms with Gasteiger partial charge in [-0.15, -0.1) is 11.3 Å². The van der Waals surface area contributed by atoms with E-state index in [-0.39, 0.29) is 6.10 Å². The second-order valence-corrected chi connectivity index (χ2v) is 8.03. The van der Waals surface area contributed by atoms with E-state index in [0.29, 0.717) is 0 Å². The average Bonchev–Trinajstić information content (AvgIpc) is 3.16. The van der Waals surface area contributed by atoms with Crippen LogP contribution >= 0.6 is 11.3 Å². The van der Waals surface area contributed by atoms with E-state index >= 15 is 0 Å². The van der Waals surface area contributed by atoms with E-state index in [1.165, 1.54) is 26.4 Å². The lowest BCUT2D eigenvalue weighted by molar-refractivity contribution is 0.196. The number of rotatable bonds is 7. The van der Waals surface area contributed by atoms with Crippen LogP contribution in [0.15, 0.2) is 60.7 Å². The van der Waals surface area contributed by atoms with E-state index < -0.39 is 0 Å². The molecule has 1 unspecified atom stereocenters. The first-order valence-electron chi connectivity index (χ1n) is 9.63. The highest BCUT2D eigenvalue weighted by molar-refractivity contribution is 7.15. The van der Waals surface area contributed by atoms with Gasteiger partial charge < -0.3 is 15.4 Å². The number of ether oxygens (including phenoxy) is 1. The van der Waals surface area contributed by atoms with Crippen molar-refractivity contribution in [3.63, 3.8) is 0 Å². The van der Waals surface area contributed by atoms with Gasteiger partial charge in [-0.3, -0.25) is 0 Å². The SMILES string of the molecule is CNCCC(Oc1ccccc1-c1cc2c(s1)CCNC2)c1ccccc1. The molecule has 27 heavy (non-hydrogen) atoms. The van der Waals surface area contributed by atoms with Gasteiger partial charge in [0.05, 0.1) is 0 Å². The zero-order chi connectivity index (χ0) is 18.5. The van der Waals surface area contributed by atoms with Gasteiger partial charge in [0.15, 0.2) is 0 Å². The smallest absolute Gasteiger partial charge is 0.128 e.